The van der Waals surface area contributed by atoms with E-state index in [2.05, 4.69) is 0 Å². The smallest absolute Gasteiger partial charge is 0.300 e. The lowest BCUT2D eigenvalue weighted by Gasteiger charge is -2.26. The van der Waals surface area contributed by atoms with Gasteiger partial charge in [-0.3, -0.25) is 14.5 Å². The van der Waals surface area contributed by atoms with Gasteiger partial charge in [0.05, 0.1) is 42.5 Å². The molecule has 1 N–H and O–H groups in total. The number of amides is 1. The molecular weight excluding hydrogens is 494 g/mol. The molecular formula is C29H28ClNO6. The van der Waals surface area contributed by atoms with Crippen LogP contribution in [0.3, 0.4) is 0 Å². The fraction of sp³-hybridized carbons (Fsp3) is 0.241. The molecule has 0 saturated carbocycles. The van der Waals surface area contributed by atoms with Crippen molar-refractivity contribution in [1.82, 2.24) is 0 Å². The van der Waals surface area contributed by atoms with Crippen LogP contribution in [0, 0.1) is 6.92 Å². The van der Waals surface area contributed by atoms with Gasteiger partial charge in [0.2, 0.25) is 0 Å². The van der Waals surface area contributed by atoms with E-state index in [1.807, 2.05) is 20.8 Å². The number of aliphatic hydroxyl groups is 1. The Hall–Kier alpha value is -3.97. The fourth-order valence-corrected chi connectivity index (χ4v) is 4.77. The van der Waals surface area contributed by atoms with Crippen LogP contribution in [0.25, 0.3) is 5.76 Å². The van der Waals surface area contributed by atoms with Crippen LogP contribution in [0.2, 0.25) is 5.02 Å². The van der Waals surface area contributed by atoms with Gasteiger partial charge in [0, 0.05) is 5.69 Å². The Morgan fingerprint density at radius 2 is 1.57 bits per heavy atom. The third-order valence-corrected chi connectivity index (χ3v) is 6.29. The summed E-state index contributed by atoms with van der Waals surface area (Å²) in [4.78, 5) is 28.2. The number of Topliss-reactive ketones (excluding diaryl/α,β-unsaturated/α-hetero) is 1. The van der Waals surface area contributed by atoms with Crippen molar-refractivity contribution in [2.24, 2.45) is 0 Å². The maximum Gasteiger partial charge on any atom is 0.300 e. The van der Waals surface area contributed by atoms with Crippen LogP contribution < -0.4 is 19.1 Å². The van der Waals surface area contributed by atoms with Gasteiger partial charge >= 0.3 is 0 Å². The normalized spacial score (nSPS) is 16.8. The quantitative estimate of drug-likeness (QED) is 0.230. The molecule has 0 radical (unpaired) electrons. The second kappa shape index (κ2) is 10.6. The number of halogens is 1. The average Bonchev–Trinajstić information content (AvgIpc) is 3.13. The number of aryl methyl sites for hydroxylation is 1. The Morgan fingerprint density at radius 3 is 2.14 bits per heavy atom. The molecule has 1 amide bonds. The molecule has 37 heavy (non-hydrogen) atoms. The van der Waals surface area contributed by atoms with Crippen LogP contribution in [-0.2, 0) is 9.59 Å². The Kier molecular flexibility index (Phi) is 7.45. The highest BCUT2D eigenvalue weighted by molar-refractivity contribution is 6.51. The van der Waals surface area contributed by atoms with Crippen molar-refractivity contribution in [3.63, 3.8) is 0 Å². The number of carbonyl (C=O) groups is 2. The van der Waals surface area contributed by atoms with Crippen molar-refractivity contribution < 1.29 is 28.9 Å². The first kappa shape index (κ1) is 26.1. The van der Waals surface area contributed by atoms with E-state index in [1.165, 1.54) is 12.0 Å². The van der Waals surface area contributed by atoms with Crippen molar-refractivity contribution >= 4 is 34.7 Å². The zero-order chi connectivity index (χ0) is 26.9. The predicted molar refractivity (Wildman–Crippen MR) is 143 cm³/mol. The largest absolute Gasteiger partial charge is 0.507 e. The van der Waals surface area contributed by atoms with Crippen LogP contribution >= 0.6 is 11.6 Å². The van der Waals surface area contributed by atoms with Crippen LogP contribution in [0.5, 0.6) is 17.2 Å². The minimum atomic E-state index is -0.912. The highest BCUT2D eigenvalue weighted by Crippen LogP contribution is 2.45. The molecule has 8 heteroatoms. The molecule has 1 aliphatic heterocycles. The van der Waals surface area contributed by atoms with E-state index in [0.29, 0.717) is 22.7 Å². The second-order valence-corrected chi connectivity index (χ2v) is 9.34. The highest BCUT2D eigenvalue weighted by Gasteiger charge is 2.47. The summed E-state index contributed by atoms with van der Waals surface area (Å²) < 4.78 is 16.4. The molecule has 192 valence electrons. The van der Waals surface area contributed by atoms with Gasteiger partial charge < -0.3 is 19.3 Å². The summed E-state index contributed by atoms with van der Waals surface area (Å²) >= 11 is 6.37. The van der Waals surface area contributed by atoms with Gasteiger partial charge in [-0.1, -0.05) is 23.7 Å². The molecule has 3 aromatic carbocycles. The van der Waals surface area contributed by atoms with Crippen LogP contribution in [0.15, 0.2) is 66.2 Å². The van der Waals surface area contributed by atoms with E-state index in [1.54, 1.807) is 67.8 Å². The van der Waals surface area contributed by atoms with Crippen molar-refractivity contribution in [2.45, 2.75) is 32.9 Å². The summed E-state index contributed by atoms with van der Waals surface area (Å²) in [6.07, 6.45) is -0.0191. The first-order valence-corrected chi connectivity index (χ1v) is 12.1. The minimum Gasteiger partial charge on any atom is -0.507 e. The number of nitrogens with zero attached hydrogens (tertiary/aromatic N) is 1. The van der Waals surface area contributed by atoms with Crippen molar-refractivity contribution in [1.29, 1.82) is 0 Å². The Labute approximate surface area is 220 Å². The SMILES string of the molecule is COc1ccc(N2C(=O)C(=O)/C(=C(/O)c3cc(C)cc(Cl)c3OC)C2c2ccc(OC(C)C)cc2)cc1. The topological polar surface area (TPSA) is 85.3 Å². The van der Waals surface area contributed by atoms with Crippen LogP contribution in [0.4, 0.5) is 5.69 Å². The van der Waals surface area contributed by atoms with E-state index < -0.39 is 17.7 Å². The van der Waals surface area contributed by atoms with Gasteiger partial charge in [0.1, 0.15) is 23.0 Å². The monoisotopic (exact) mass is 521 g/mol. The molecule has 4 rings (SSSR count). The predicted octanol–water partition coefficient (Wildman–Crippen LogP) is 6.08. The lowest BCUT2D eigenvalue weighted by atomic mass is 9.94. The number of rotatable bonds is 7. The fourth-order valence-electron chi connectivity index (χ4n) is 4.42. The summed E-state index contributed by atoms with van der Waals surface area (Å²) in [6.45, 7) is 5.66. The number of ether oxygens (including phenoxy) is 3. The van der Waals surface area contributed by atoms with E-state index in [9.17, 15) is 14.7 Å². The maximum absolute atomic E-state index is 13.5. The molecule has 0 bridgehead atoms. The third kappa shape index (κ3) is 5.00. The number of aliphatic hydroxyl groups excluding tert-OH is 1. The maximum atomic E-state index is 13.5. The Bertz CT molecular complexity index is 1360. The van der Waals surface area contributed by atoms with Crippen molar-refractivity contribution in [3.05, 3.63) is 87.9 Å². The first-order valence-electron chi connectivity index (χ1n) is 11.7. The van der Waals surface area contributed by atoms with Gasteiger partial charge in [-0.05, 0) is 80.4 Å². The molecule has 0 spiro atoms. The van der Waals surface area contributed by atoms with Crippen molar-refractivity contribution in [3.8, 4) is 17.2 Å². The first-order chi connectivity index (χ1) is 17.7. The molecule has 1 unspecified atom stereocenters. The number of benzene rings is 3. The zero-order valence-corrected chi connectivity index (χ0v) is 22.0. The van der Waals surface area contributed by atoms with Gasteiger partial charge in [-0.25, -0.2) is 0 Å². The lowest BCUT2D eigenvalue weighted by Crippen LogP contribution is -2.29. The zero-order valence-electron chi connectivity index (χ0n) is 21.2. The van der Waals surface area contributed by atoms with Gasteiger partial charge in [-0.15, -0.1) is 0 Å². The molecule has 0 aromatic heterocycles. The van der Waals surface area contributed by atoms with Gasteiger partial charge in [-0.2, -0.15) is 0 Å². The minimum absolute atomic E-state index is 0.0191. The number of methoxy groups -OCH3 is 2. The summed E-state index contributed by atoms with van der Waals surface area (Å²) in [7, 11) is 2.97. The number of anilines is 1. The third-order valence-electron chi connectivity index (χ3n) is 6.01. The second-order valence-electron chi connectivity index (χ2n) is 8.93. The molecule has 7 nitrogen and oxygen atoms in total. The Balaban J connectivity index is 1.94. The molecule has 0 aliphatic carbocycles. The molecule has 1 atom stereocenters. The molecule has 3 aromatic rings. The number of ketones is 1. The van der Waals surface area contributed by atoms with E-state index >= 15 is 0 Å². The van der Waals surface area contributed by atoms with E-state index in [4.69, 9.17) is 25.8 Å². The molecule has 1 fully saturated rings. The van der Waals surface area contributed by atoms with Crippen LogP contribution in [-0.4, -0.2) is 37.1 Å². The van der Waals surface area contributed by atoms with Gasteiger partial charge in [0.15, 0.2) is 0 Å². The molecule has 1 aliphatic rings. The lowest BCUT2D eigenvalue weighted by molar-refractivity contribution is -0.132. The van der Waals surface area contributed by atoms with Crippen LogP contribution in [0.1, 0.15) is 36.6 Å². The summed E-state index contributed by atoms with van der Waals surface area (Å²) in [6, 6.07) is 16.3. The van der Waals surface area contributed by atoms with Gasteiger partial charge in [0.25, 0.3) is 11.7 Å². The molecule has 1 saturated heterocycles. The van der Waals surface area contributed by atoms with E-state index in [-0.39, 0.29) is 33.8 Å². The summed E-state index contributed by atoms with van der Waals surface area (Å²) in [5, 5.41) is 11.8. The Morgan fingerprint density at radius 1 is 0.946 bits per heavy atom. The number of hydrogen-bond acceptors (Lipinski definition) is 6. The number of hydrogen-bond donors (Lipinski definition) is 1. The molecule has 1 heterocycles. The van der Waals surface area contributed by atoms with E-state index in [0.717, 1.165) is 5.56 Å². The summed E-state index contributed by atoms with van der Waals surface area (Å²) in [5.41, 5.74) is 2.00. The standard InChI is InChI=1S/C29H28ClNO6/c1-16(2)37-21-10-6-18(7-11-21)25-24(26(32)22-14-17(3)15-23(30)28(22)36-5)27(33)29(34)31(25)19-8-12-20(35-4)13-9-19/h6-16,25,32H,1-5H3/b26-24+. The average molecular weight is 522 g/mol. The highest BCUT2D eigenvalue weighted by atomic mass is 35.5. The summed E-state index contributed by atoms with van der Waals surface area (Å²) in [5.74, 6) is -0.500. The van der Waals surface area contributed by atoms with Crippen molar-refractivity contribution in [2.75, 3.05) is 19.1 Å². The number of carbonyl (C=O) groups excluding carboxylic acids is 2.